The molecule has 2 rings (SSSR count). The lowest BCUT2D eigenvalue weighted by molar-refractivity contribution is 0.470. The summed E-state index contributed by atoms with van der Waals surface area (Å²) in [5.41, 5.74) is 2.24. The van der Waals surface area contributed by atoms with Gasteiger partial charge in [-0.15, -0.1) is 11.3 Å². The van der Waals surface area contributed by atoms with Crippen LogP contribution in [0, 0.1) is 6.92 Å². The van der Waals surface area contributed by atoms with E-state index in [1.54, 1.807) is 18.4 Å². The van der Waals surface area contributed by atoms with Crippen LogP contribution in [0.4, 0.5) is 5.82 Å². The molecule has 23 heavy (non-hydrogen) atoms. The summed E-state index contributed by atoms with van der Waals surface area (Å²) in [5.74, 6) is 1.80. The zero-order chi connectivity index (χ0) is 16.8. The van der Waals surface area contributed by atoms with Crippen molar-refractivity contribution in [1.29, 1.82) is 0 Å². The number of nitrogens with one attached hydrogen (secondary N) is 1. The number of nitrogens with zero attached hydrogens (tertiary/aromatic N) is 5. The van der Waals surface area contributed by atoms with Crippen molar-refractivity contribution in [2.75, 3.05) is 33.1 Å². The summed E-state index contributed by atoms with van der Waals surface area (Å²) in [7, 11) is 7.79. The molecule has 0 saturated heterocycles. The van der Waals surface area contributed by atoms with E-state index in [0.717, 1.165) is 29.0 Å². The molecular formula is C16H24N6S. The second kappa shape index (κ2) is 7.92. The van der Waals surface area contributed by atoms with Gasteiger partial charge in [0.1, 0.15) is 5.82 Å². The molecule has 0 radical (unpaired) electrons. The second-order valence-electron chi connectivity index (χ2n) is 5.53. The zero-order valence-electron chi connectivity index (χ0n) is 14.4. The summed E-state index contributed by atoms with van der Waals surface area (Å²) in [6.07, 6.45) is 1.83. The minimum absolute atomic E-state index is 0.705. The maximum absolute atomic E-state index is 4.50. The Morgan fingerprint density at radius 2 is 2.13 bits per heavy atom. The third-order valence-corrected chi connectivity index (χ3v) is 4.18. The number of aliphatic imine (C=N–C) groups is 1. The van der Waals surface area contributed by atoms with E-state index in [0.29, 0.717) is 6.54 Å². The van der Waals surface area contributed by atoms with Crippen molar-refractivity contribution >= 4 is 23.1 Å². The van der Waals surface area contributed by atoms with E-state index in [4.69, 9.17) is 0 Å². The molecule has 6 nitrogen and oxygen atoms in total. The van der Waals surface area contributed by atoms with Crippen LogP contribution < -0.4 is 10.2 Å². The average Bonchev–Trinajstić information content (AvgIpc) is 2.93. The lowest BCUT2D eigenvalue weighted by Crippen LogP contribution is -2.38. The first-order valence-electron chi connectivity index (χ1n) is 7.44. The number of anilines is 1. The van der Waals surface area contributed by atoms with E-state index < -0.39 is 0 Å². The average molecular weight is 332 g/mol. The predicted octanol–water partition coefficient (Wildman–Crippen LogP) is 2.12. The molecule has 2 aromatic rings. The second-order valence-corrected chi connectivity index (χ2v) is 6.59. The van der Waals surface area contributed by atoms with Gasteiger partial charge < -0.3 is 15.1 Å². The number of thiazole rings is 1. The van der Waals surface area contributed by atoms with Crippen LogP contribution in [0.25, 0.3) is 0 Å². The highest BCUT2D eigenvalue weighted by atomic mass is 32.1. The number of aryl methyl sites for hydroxylation is 1. The van der Waals surface area contributed by atoms with Gasteiger partial charge in [0, 0.05) is 46.3 Å². The Hall–Kier alpha value is -2.15. The van der Waals surface area contributed by atoms with Crippen LogP contribution >= 0.6 is 11.3 Å². The number of pyridine rings is 1. The quantitative estimate of drug-likeness (QED) is 0.671. The molecule has 0 aliphatic heterocycles. The molecule has 0 saturated carbocycles. The Bertz CT molecular complexity index is 664. The van der Waals surface area contributed by atoms with Crippen molar-refractivity contribution in [3.63, 3.8) is 0 Å². The maximum Gasteiger partial charge on any atom is 0.194 e. The molecule has 0 atom stereocenters. The summed E-state index contributed by atoms with van der Waals surface area (Å²) in [4.78, 5) is 17.2. The Balaban J connectivity index is 1.95. The number of guanidine groups is 1. The smallest absolute Gasteiger partial charge is 0.194 e. The van der Waals surface area contributed by atoms with E-state index in [2.05, 4.69) is 36.6 Å². The first-order valence-corrected chi connectivity index (χ1v) is 8.32. The molecule has 0 spiro atoms. The topological polar surface area (TPSA) is 56.7 Å². The van der Waals surface area contributed by atoms with Crippen LogP contribution in [0.2, 0.25) is 0 Å². The standard InChI is InChI=1S/C16H24N6S/c1-12-20-14(11-23-12)10-22(5)16(17-2)19-9-13-6-7-18-15(8-13)21(3)4/h6-8,11H,9-10H2,1-5H3,(H,17,19). The van der Waals surface area contributed by atoms with Crippen LogP contribution in [-0.2, 0) is 13.1 Å². The molecule has 2 aromatic heterocycles. The Morgan fingerprint density at radius 1 is 1.35 bits per heavy atom. The highest BCUT2D eigenvalue weighted by Gasteiger charge is 2.09. The first kappa shape index (κ1) is 17.2. The van der Waals surface area contributed by atoms with Crippen molar-refractivity contribution in [3.8, 4) is 0 Å². The highest BCUT2D eigenvalue weighted by molar-refractivity contribution is 7.09. The van der Waals surface area contributed by atoms with Crippen LogP contribution in [0.3, 0.4) is 0 Å². The van der Waals surface area contributed by atoms with Crippen LogP contribution in [-0.4, -0.2) is 49.0 Å². The molecule has 0 aromatic carbocycles. The van der Waals surface area contributed by atoms with E-state index in [-0.39, 0.29) is 0 Å². The van der Waals surface area contributed by atoms with Crippen LogP contribution in [0.5, 0.6) is 0 Å². The SMILES string of the molecule is CN=C(NCc1ccnc(N(C)C)c1)N(C)Cc1csc(C)n1. The van der Waals surface area contributed by atoms with Gasteiger partial charge in [0.25, 0.3) is 0 Å². The maximum atomic E-state index is 4.50. The van der Waals surface area contributed by atoms with Gasteiger partial charge in [-0.25, -0.2) is 9.97 Å². The Kier molecular flexibility index (Phi) is 5.92. The summed E-state index contributed by atoms with van der Waals surface area (Å²) in [6, 6.07) is 4.08. The summed E-state index contributed by atoms with van der Waals surface area (Å²) >= 11 is 1.67. The number of rotatable bonds is 5. The fraction of sp³-hybridized carbons (Fsp3) is 0.438. The monoisotopic (exact) mass is 332 g/mol. The van der Waals surface area contributed by atoms with Gasteiger partial charge in [-0.1, -0.05) is 0 Å². The van der Waals surface area contributed by atoms with Crippen molar-refractivity contribution in [1.82, 2.24) is 20.2 Å². The van der Waals surface area contributed by atoms with E-state index in [1.807, 2.05) is 45.2 Å². The Labute approximate surface area is 141 Å². The summed E-state index contributed by atoms with van der Waals surface area (Å²) < 4.78 is 0. The molecule has 2 heterocycles. The predicted molar refractivity (Wildman–Crippen MR) is 97.1 cm³/mol. The Morgan fingerprint density at radius 3 is 2.74 bits per heavy atom. The number of aromatic nitrogens is 2. The molecule has 124 valence electrons. The molecule has 0 aliphatic rings. The largest absolute Gasteiger partial charge is 0.363 e. The van der Waals surface area contributed by atoms with Gasteiger partial charge >= 0.3 is 0 Å². The van der Waals surface area contributed by atoms with E-state index >= 15 is 0 Å². The van der Waals surface area contributed by atoms with Gasteiger partial charge in [-0.3, -0.25) is 4.99 Å². The summed E-state index contributed by atoms with van der Waals surface area (Å²) in [5, 5.41) is 6.56. The van der Waals surface area contributed by atoms with Crippen LogP contribution in [0.15, 0.2) is 28.7 Å². The molecule has 0 aliphatic carbocycles. The van der Waals surface area contributed by atoms with Gasteiger partial charge in [0.15, 0.2) is 5.96 Å². The number of hydrogen-bond donors (Lipinski definition) is 1. The third-order valence-electron chi connectivity index (χ3n) is 3.36. The molecule has 1 N–H and O–H groups in total. The van der Waals surface area contributed by atoms with E-state index in [9.17, 15) is 0 Å². The van der Waals surface area contributed by atoms with Crippen molar-refractivity contribution in [2.45, 2.75) is 20.0 Å². The normalized spacial score (nSPS) is 11.4. The molecule has 0 fully saturated rings. The molecular weight excluding hydrogens is 308 g/mol. The molecule has 0 unspecified atom stereocenters. The lowest BCUT2D eigenvalue weighted by atomic mass is 10.2. The molecule has 0 amide bonds. The van der Waals surface area contributed by atoms with Gasteiger partial charge in [0.2, 0.25) is 0 Å². The highest BCUT2D eigenvalue weighted by Crippen LogP contribution is 2.11. The fourth-order valence-electron chi connectivity index (χ4n) is 2.18. The molecule has 0 bridgehead atoms. The van der Waals surface area contributed by atoms with Crippen molar-refractivity contribution in [3.05, 3.63) is 40.0 Å². The molecule has 7 heteroatoms. The number of hydrogen-bond acceptors (Lipinski definition) is 5. The minimum Gasteiger partial charge on any atom is -0.363 e. The third kappa shape index (κ3) is 4.92. The van der Waals surface area contributed by atoms with Crippen LogP contribution in [0.1, 0.15) is 16.3 Å². The van der Waals surface area contributed by atoms with Gasteiger partial charge in [-0.05, 0) is 24.6 Å². The van der Waals surface area contributed by atoms with Gasteiger partial charge in [0.05, 0.1) is 17.2 Å². The summed E-state index contributed by atoms with van der Waals surface area (Å²) in [6.45, 7) is 3.47. The van der Waals surface area contributed by atoms with E-state index in [1.165, 1.54) is 5.56 Å². The first-order chi connectivity index (χ1) is 11.0. The zero-order valence-corrected chi connectivity index (χ0v) is 15.2. The lowest BCUT2D eigenvalue weighted by Gasteiger charge is -2.21. The van der Waals surface area contributed by atoms with Gasteiger partial charge in [-0.2, -0.15) is 0 Å². The fourth-order valence-corrected chi connectivity index (χ4v) is 2.78. The van der Waals surface area contributed by atoms with Crippen molar-refractivity contribution < 1.29 is 0 Å². The minimum atomic E-state index is 0.705. The van der Waals surface area contributed by atoms with Crippen molar-refractivity contribution in [2.24, 2.45) is 4.99 Å².